The molecule has 4 rings (SSSR count). The second kappa shape index (κ2) is 7.40. The standard InChI is InChI=1S/C20H26N4O/c25-20(18-15-21-22-19(18)16-7-3-1-4-8-16)24-13-11-23(12-14-24)17-9-5-2-6-10-17/h1,3-4,7-8,15,17H,2,5-6,9-14H2,(H,21,22). The van der Waals surface area contributed by atoms with Gasteiger partial charge in [-0.2, -0.15) is 5.10 Å². The van der Waals surface area contributed by atoms with Crippen molar-refractivity contribution in [3.8, 4) is 11.3 Å². The third-order valence-corrected chi connectivity index (χ3v) is 5.62. The van der Waals surface area contributed by atoms with E-state index < -0.39 is 0 Å². The largest absolute Gasteiger partial charge is 0.336 e. The number of hydrogen-bond acceptors (Lipinski definition) is 3. The molecule has 5 heteroatoms. The Kier molecular flexibility index (Phi) is 4.83. The van der Waals surface area contributed by atoms with E-state index in [1.165, 1.54) is 32.1 Å². The van der Waals surface area contributed by atoms with Crippen LogP contribution in [-0.2, 0) is 0 Å². The predicted octanol–water partition coefficient (Wildman–Crippen LogP) is 3.17. The van der Waals surface area contributed by atoms with Gasteiger partial charge in [-0.3, -0.25) is 14.8 Å². The molecule has 2 aromatic rings. The first kappa shape index (κ1) is 16.3. The summed E-state index contributed by atoms with van der Waals surface area (Å²) in [5.41, 5.74) is 2.50. The Bertz CT molecular complexity index is 697. The number of nitrogens with one attached hydrogen (secondary N) is 1. The maximum atomic E-state index is 13.0. The van der Waals surface area contributed by atoms with Crippen LogP contribution < -0.4 is 0 Å². The lowest BCUT2D eigenvalue weighted by Gasteiger charge is -2.40. The molecule has 1 N–H and O–H groups in total. The molecule has 25 heavy (non-hydrogen) atoms. The van der Waals surface area contributed by atoms with Gasteiger partial charge in [-0.25, -0.2) is 0 Å². The molecule has 1 aromatic carbocycles. The number of hydrogen-bond donors (Lipinski definition) is 1. The van der Waals surface area contributed by atoms with Gasteiger partial charge in [0.05, 0.1) is 17.5 Å². The second-order valence-electron chi connectivity index (χ2n) is 7.14. The lowest BCUT2D eigenvalue weighted by Crippen LogP contribution is -2.52. The highest BCUT2D eigenvalue weighted by Crippen LogP contribution is 2.25. The van der Waals surface area contributed by atoms with Gasteiger partial charge in [0, 0.05) is 37.8 Å². The monoisotopic (exact) mass is 338 g/mol. The van der Waals surface area contributed by atoms with Gasteiger partial charge >= 0.3 is 0 Å². The third-order valence-electron chi connectivity index (χ3n) is 5.62. The second-order valence-corrected chi connectivity index (χ2v) is 7.14. The average molecular weight is 338 g/mol. The molecule has 2 aliphatic rings. The zero-order valence-corrected chi connectivity index (χ0v) is 14.7. The van der Waals surface area contributed by atoms with Gasteiger partial charge in [-0.05, 0) is 12.8 Å². The minimum absolute atomic E-state index is 0.0934. The van der Waals surface area contributed by atoms with E-state index in [1.54, 1.807) is 6.20 Å². The van der Waals surface area contributed by atoms with Crippen molar-refractivity contribution in [2.45, 2.75) is 38.1 Å². The number of benzene rings is 1. The van der Waals surface area contributed by atoms with Crippen LogP contribution >= 0.6 is 0 Å². The fourth-order valence-corrected chi connectivity index (χ4v) is 4.18. The van der Waals surface area contributed by atoms with Gasteiger partial charge in [-0.15, -0.1) is 0 Å². The number of carbonyl (C=O) groups excluding carboxylic acids is 1. The van der Waals surface area contributed by atoms with Gasteiger partial charge in [0.25, 0.3) is 5.91 Å². The summed E-state index contributed by atoms with van der Waals surface area (Å²) in [6.07, 6.45) is 8.43. The van der Waals surface area contributed by atoms with E-state index in [1.807, 2.05) is 35.2 Å². The zero-order valence-electron chi connectivity index (χ0n) is 14.7. The fraction of sp³-hybridized carbons (Fsp3) is 0.500. The van der Waals surface area contributed by atoms with Crippen LogP contribution in [-0.4, -0.2) is 58.1 Å². The van der Waals surface area contributed by atoms with Crippen LogP contribution in [0.15, 0.2) is 36.5 Å². The van der Waals surface area contributed by atoms with Crippen LogP contribution in [0.1, 0.15) is 42.5 Å². The fourth-order valence-electron chi connectivity index (χ4n) is 4.18. The van der Waals surface area contributed by atoms with Crippen LogP contribution in [0.4, 0.5) is 0 Å². The summed E-state index contributed by atoms with van der Waals surface area (Å²) in [4.78, 5) is 17.6. The Morgan fingerprint density at radius 2 is 1.72 bits per heavy atom. The summed E-state index contributed by atoms with van der Waals surface area (Å²) in [7, 11) is 0. The van der Waals surface area contributed by atoms with E-state index in [0.717, 1.165) is 43.5 Å². The molecule has 0 radical (unpaired) electrons. The molecule has 2 heterocycles. The molecule has 1 aliphatic carbocycles. The first-order valence-electron chi connectivity index (χ1n) is 9.45. The van der Waals surface area contributed by atoms with Gasteiger partial charge in [0.1, 0.15) is 0 Å². The topological polar surface area (TPSA) is 52.2 Å². The Morgan fingerprint density at radius 3 is 2.44 bits per heavy atom. The number of nitrogens with zero attached hydrogens (tertiary/aromatic N) is 3. The quantitative estimate of drug-likeness (QED) is 0.935. The van der Waals surface area contributed by atoms with Crippen LogP contribution in [0, 0.1) is 0 Å². The summed E-state index contributed by atoms with van der Waals surface area (Å²) >= 11 is 0. The van der Waals surface area contributed by atoms with E-state index in [9.17, 15) is 4.79 Å². The molecule has 1 saturated heterocycles. The number of piperazine rings is 1. The number of H-pyrrole nitrogens is 1. The van der Waals surface area contributed by atoms with Crippen LogP contribution in [0.3, 0.4) is 0 Å². The highest BCUT2D eigenvalue weighted by molar-refractivity contribution is 5.99. The first-order chi connectivity index (χ1) is 12.3. The SMILES string of the molecule is O=C(c1cn[nH]c1-c1ccccc1)N1CCN(C2CCCCC2)CC1. The molecule has 1 saturated carbocycles. The highest BCUT2D eigenvalue weighted by Gasteiger charge is 2.28. The van der Waals surface area contributed by atoms with Gasteiger partial charge in [0.15, 0.2) is 0 Å². The number of carbonyl (C=O) groups is 1. The van der Waals surface area contributed by atoms with Crippen molar-refractivity contribution in [2.75, 3.05) is 26.2 Å². The number of amides is 1. The molecule has 0 spiro atoms. The smallest absolute Gasteiger partial charge is 0.257 e. The number of aromatic nitrogens is 2. The zero-order chi connectivity index (χ0) is 17.1. The van der Waals surface area contributed by atoms with E-state index in [0.29, 0.717) is 5.56 Å². The van der Waals surface area contributed by atoms with Crippen molar-refractivity contribution in [3.63, 3.8) is 0 Å². The summed E-state index contributed by atoms with van der Waals surface area (Å²) in [6.45, 7) is 3.62. The van der Waals surface area contributed by atoms with Gasteiger partial charge < -0.3 is 4.90 Å². The van der Waals surface area contributed by atoms with Crippen molar-refractivity contribution in [2.24, 2.45) is 0 Å². The van der Waals surface area contributed by atoms with E-state index in [4.69, 9.17) is 0 Å². The maximum absolute atomic E-state index is 13.0. The Labute approximate surface area is 149 Å². The number of aromatic amines is 1. The van der Waals surface area contributed by atoms with Crippen molar-refractivity contribution >= 4 is 5.91 Å². The Hall–Kier alpha value is -2.14. The molecule has 0 unspecified atom stereocenters. The lowest BCUT2D eigenvalue weighted by atomic mass is 9.94. The van der Waals surface area contributed by atoms with Gasteiger partial charge in [0.2, 0.25) is 0 Å². The summed E-state index contributed by atoms with van der Waals surface area (Å²) in [5, 5.41) is 7.11. The molecule has 1 amide bonds. The van der Waals surface area contributed by atoms with E-state index in [2.05, 4.69) is 15.1 Å². The molecule has 1 aromatic heterocycles. The highest BCUT2D eigenvalue weighted by atomic mass is 16.2. The predicted molar refractivity (Wildman–Crippen MR) is 98.4 cm³/mol. The lowest BCUT2D eigenvalue weighted by molar-refractivity contribution is 0.0524. The molecule has 0 bridgehead atoms. The molecule has 5 nitrogen and oxygen atoms in total. The van der Waals surface area contributed by atoms with Crippen LogP contribution in [0.25, 0.3) is 11.3 Å². The van der Waals surface area contributed by atoms with E-state index >= 15 is 0 Å². The Morgan fingerprint density at radius 1 is 1.00 bits per heavy atom. The molecular weight excluding hydrogens is 312 g/mol. The molecule has 2 fully saturated rings. The molecule has 1 aliphatic heterocycles. The molecule has 0 atom stereocenters. The van der Waals surface area contributed by atoms with Crippen molar-refractivity contribution < 1.29 is 4.79 Å². The molecule has 132 valence electrons. The summed E-state index contributed by atoms with van der Waals surface area (Å²) < 4.78 is 0. The average Bonchev–Trinajstić information content (AvgIpc) is 3.19. The summed E-state index contributed by atoms with van der Waals surface area (Å²) in [6, 6.07) is 10.7. The molecular formula is C20H26N4O. The van der Waals surface area contributed by atoms with Crippen molar-refractivity contribution in [3.05, 3.63) is 42.1 Å². The van der Waals surface area contributed by atoms with Crippen LogP contribution in [0.5, 0.6) is 0 Å². The first-order valence-corrected chi connectivity index (χ1v) is 9.45. The third kappa shape index (κ3) is 3.47. The minimum Gasteiger partial charge on any atom is -0.336 e. The summed E-state index contributed by atoms with van der Waals surface area (Å²) in [5.74, 6) is 0.0934. The van der Waals surface area contributed by atoms with Gasteiger partial charge in [-0.1, -0.05) is 49.6 Å². The van der Waals surface area contributed by atoms with Crippen molar-refractivity contribution in [1.82, 2.24) is 20.0 Å². The van der Waals surface area contributed by atoms with E-state index in [-0.39, 0.29) is 5.91 Å². The number of rotatable bonds is 3. The maximum Gasteiger partial charge on any atom is 0.257 e. The minimum atomic E-state index is 0.0934. The van der Waals surface area contributed by atoms with Crippen molar-refractivity contribution in [1.29, 1.82) is 0 Å². The van der Waals surface area contributed by atoms with Crippen LogP contribution in [0.2, 0.25) is 0 Å². The normalized spacial score (nSPS) is 19.9. The Balaban J connectivity index is 1.42.